The van der Waals surface area contributed by atoms with Crippen LogP contribution in [0.15, 0.2) is 84.3 Å². The molecule has 1 aliphatic heterocycles. The number of anilines is 1. The van der Waals surface area contributed by atoms with Gasteiger partial charge in [-0.1, -0.05) is 6.07 Å². The molecule has 1 aliphatic rings. The van der Waals surface area contributed by atoms with Crippen molar-refractivity contribution in [3.63, 3.8) is 0 Å². The molecule has 1 amide bonds. The van der Waals surface area contributed by atoms with E-state index in [4.69, 9.17) is 14.4 Å². The Bertz CT molecular complexity index is 1440. The van der Waals surface area contributed by atoms with E-state index in [9.17, 15) is 4.79 Å². The van der Waals surface area contributed by atoms with Crippen molar-refractivity contribution in [2.75, 3.05) is 10.7 Å². The van der Waals surface area contributed by atoms with Gasteiger partial charge in [-0.25, -0.2) is 24.9 Å². The molecule has 1 atom stereocenters. The maximum absolute atomic E-state index is 12.9. The third-order valence-corrected chi connectivity index (χ3v) is 6.31. The second kappa shape index (κ2) is 8.52. The van der Waals surface area contributed by atoms with Crippen LogP contribution in [-0.4, -0.2) is 46.1 Å². The SMILES string of the molecule is O=C1CSC(c2ccco2)N1c1nc(-c2ccccn2)cc(-c2cn(-c3ncccn3)cn2)n1. The first-order valence-electron chi connectivity index (χ1n) is 10.4. The average molecular weight is 469 g/mol. The van der Waals surface area contributed by atoms with E-state index in [1.165, 1.54) is 11.8 Å². The summed E-state index contributed by atoms with van der Waals surface area (Å²) in [5, 5.41) is -0.357. The van der Waals surface area contributed by atoms with Crippen molar-refractivity contribution >= 4 is 23.6 Å². The van der Waals surface area contributed by atoms with Crippen LogP contribution in [-0.2, 0) is 4.79 Å². The van der Waals surface area contributed by atoms with Crippen molar-refractivity contribution in [2.45, 2.75) is 5.37 Å². The molecule has 0 N–H and O–H groups in total. The predicted molar refractivity (Wildman–Crippen MR) is 125 cm³/mol. The smallest absolute Gasteiger partial charge is 0.240 e. The number of rotatable bonds is 5. The molecule has 0 spiro atoms. The van der Waals surface area contributed by atoms with Crippen molar-refractivity contribution in [2.24, 2.45) is 0 Å². The average Bonchev–Trinajstić information content (AvgIpc) is 3.66. The van der Waals surface area contributed by atoms with E-state index in [2.05, 4.69) is 19.9 Å². The molecule has 0 saturated carbocycles. The fraction of sp³-hybridized carbons (Fsp3) is 0.0870. The Morgan fingerprint density at radius 2 is 1.68 bits per heavy atom. The third kappa shape index (κ3) is 3.71. The van der Waals surface area contributed by atoms with Gasteiger partial charge in [0.2, 0.25) is 17.8 Å². The zero-order valence-electron chi connectivity index (χ0n) is 17.6. The van der Waals surface area contributed by atoms with Gasteiger partial charge in [0.15, 0.2) is 0 Å². The Morgan fingerprint density at radius 1 is 0.853 bits per heavy atom. The zero-order valence-corrected chi connectivity index (χ0v) is 18.4. The largest absolute Gasteiger partial charge is 0.466 e. The second-order valence-corrected chi connectivity index (χ2v) is 8.38. The number of amides is 1. The monoisotopic (exact) mass is 468 g/mol. The maximum Gasteiger partial charge on any atom is 0.240 e. The summed E-state index contributed by atoms with van der Waals surface area (Å²) in [6.07, 6.45) is 10.0. The Hall–Kier alpha value is -4.38. The minimum absolute atomic E-state index is 0.0984. The number of pyridine rings is 1. The van der Waals surface area contributed by atoms with Gasteiger partial charge in [0.25, 0.3) is 0 Å². The molecule has 5 aromatic rings. The number of imidazole rings is 1. The van der Waals surface area contributed by atoms with E-state index in [-0.39, 0.29) is 17.2 Å². The van der Waals surface area contributed by atoms with Crippen molar-refractivity contribution < 1.29 is 9.21 Å². The van der Waals surface area contributed by atoms with E-state index >= 15 is 0 Å². The van der Waals surface area contributed by atoms with Crippen LogP contribution in [0.5, 0.6) is 0 Å². The summed E-state index contributed by atoms with van der Waals surface area (Å²) < 4.78 is 7.30. The molecule has 1 unspecified atom stereocenters. The van der Waals surface area contributed by atoms with E-state index in [1.807, 2.05) is 24.3 Å². The maximum atomic E-state index is 12.9. The molecule has 5 aromatic heterocycles. The molecule has 0 bridgehead atoms. The molecule has 34 heavy (non-hydrogen) atoms. The third-order valence-electron chi connectivity index (χ3n) is 5.14. The van der Waals surface area contributed by atoms with Crippen molar-refractivity contribution in [3.8, 4) is 28.7 Å². The van der Waals surface area contributed by atoms with Crippen LogP contribution in [0.1, 0.15) is 11.1 Å². The molecule has 6 heterocycles. The molecule has 0 aromatic carbocycles. The highest BCUT2D eigenvalue weighted by molar-refractivity contribution is 8.00. The van der Waals surface area contributed by atoms with Crippen LogP contribution in [0.4, 0.5) is 5.95 Å². The highest BCUT2D eigenvalue weighted by atomic mass is 32.2. The van der Waals surface area contributed by atoms with Gasteiger partial charge >= 0.3 is 0 Å². The number of furan rings is 1. The van der Waals surface area contributed by atoms with Crippen LogP contribution in [0.25, 0.3) is 28.7 Å². The van der Waals surface area contributed by atoms with E-state index in [1.54, 1.807) is 65.0 Å². The molecular weight excluding hydrogens is 452 g/mol. The number of carbonyl (C=O) groups is 1. The van der Waals surface area contributed by atoms with Crippen LogP contribution < -0.4 is 4.90 Å². The number of nitrogens with zero attached hydrogens (tertiary/aromatic N) is 8. The Morgan fingerprint density at radius 3 is 2.44 bits per heavy atom. The summed E-state index contributed by atoms with van der Waals surface area (Å²) in [6, 6.07) is 12.8. The van der Waals surface area contributed by atoms with Gasteiger partial charge in [-0.3, -0.25) is 19.2 Å². The lowest BCUT2D eigenvalue weighted by atomic mass is 10.2. The molecule has 1 fully saturated rings. The standard InChI is InChI=1S/C23H16N8O2S/c32-20-13-34-21(19-6-3-10-33-19)31(20)23-28-16(15-5-1-2-7-24-15)11-17(29-23)18-12-30(14-27-18)22-25-8-4-9-26-22/h1-12,14,21H,13H2. The molecule has 0 aliphatic carbocycles. The lowest BCUT2D eigenvalue weighted by Crippen LogP contribution is -2.29. The summed E-state index contributed by atoms with van der Waals surface area (Å²) in [4.78, 5) is 41.3. The van der Waals surface area contributed by atoms with Gasteiger partial charge in [-0.15, -0.1) is 11.8 Å². The topological polar surface area (TPSA) is 116 Å². The Labute approximate surface area is 197 Å². The Balaban J connectivity index is 1.47. The molecule has 166 valence electrons. The number of hydrogen-bond donors (Lipinski definition) is 0. The van der Waals surface area contributed by atoms with E-state index in [0.717, 1.165) is 0 Å². The molecule has 6 rings (SSSR count). The first-order valence-corrected chi connectivity index (χ1v) is 11.4. The summed E-state index contributed by atoms with van der Waals surface area (Å²) >= 11 is 1.47. The molecule has 11 heteroatoms. The first-order chi connectivity index (χ1) is 16.8. The van der Waals surface area contributed by atoms with Gasteiger partial charge < -0.3 is 4.42 Å². The number of aromatic nitrogens is 7. The summed E-state index contributed by atoms with van der Waals surface area (Å²) in [5.41, 5.74) is 2.37. The van der Waals surface area contributed by atoms with Gasteiger partial charge in [-0.2, -0.15) is 0 Å². The van der Waals surface area contributed by atoms with Crippen LogP contribution in [0.3, 0.4) is 0 Å². The second-order valence-electron chi connectivity index (χ2n) is 7.31. The number of hydrogen-bond acceptors (Lipinski definition) is 9. The summed E-state index contributed by atoms with van der Waals surface area (Å²) in [6.45, 7) is 0. The highest BCUT2D eigenvalue weighted by Crippen LogP contribution is 2.41. The summed E-state index contributed by atoms with van der Waals surface area (Å²) in [5.74, 6) is 1.62. The quantitative estimate of drug-likeness (QED) is 0.382. The predicted octanol–water partition coefficient (Wildman–Crippen LogP) is 3.55. The zero-order chi connectivity index (χ0) is 22.9. The number of thioether (sulfide) groups is 1. The van der Waals surface area contributed by atoms with Gasteiger partial charge in [-0.05, 0) is 36.4 Å². The van der Waals surface area contributed by atoms with Gasteiger partial charge in [0.05, 0.1) is 29.1 Å². The molecule has 1 saturated heterocycles. The lowest BCUT2D eigenvalue weighted by Gasteiger charge is -2.21. The van der Waals surface area contributed by atoms with Gasteiger partial charge in [0.1, 0.15) is 23.2 Å². The Kier molecular flexibility index (Phi) is 5.07. The fourth-order valence-corrected chi connectivity index (χ4v) is 4.69. The van der Waals surface area contributed by atoms with E-state index in [0.29, 0.717) is 40.2 Å². The van der Waals surface area contributed by atoms with Crippen LogP contribution in [0.2, 0.25) is 0 Å². The van der Waals surface area contributed by atoms with Crippen molar-refractivity contribution in [1.29, 1.82) is 0 Å². The van der Waals surface area contributed by atoms with Crippen molar-refractivity contribution in [3.05, 3.63) is 85.6 Å². The molecular formula is C23H16N8O2S. The summed E-state index contributed by atoms with van der Waals surface area (Å²) in [7, 11) is 0. The molecule has 0 radical (unpaired) electrons. The minimum Gasteiger partial charge on any atom is -0.466 e. The van der Waals surface area contributed by atoms with Crippen LogP contribution >= 0.6 is 11.8 Å². The van der Waals surface area contributed by atoms with E-state index < -0.39 is 0 Å². The highest BCUT2D eigenvalue weighted by Gasteiger charge is 2.38. The molecule has 10 nitrogen and oxygen atoms in total. The van der Waals surface area contributed by atoms with Crippen LogP contribution in [0, 0.1) is 0 Å². The first kappa shape index (κ1) is 20.2. The normalized spacial score (nSPS) is 15.7. The number of carbonyl (C=O) groups excluding carboxylic acids is 1. The van der Waals surface area contributed by atoms with Crippen molar-refractivity contribution in [1.82, 2.24) is 34.5 Å². The fourth-order valence-electron chi connectivity index (χ4n) is 3.59. The minimum atomic E-state index is -0.357. The lowest BCUT2D eigenvalue weighted by molar-refractivity contribution is -0.116. The van der Waals surface area contributed by atoms with Gasteiger partial charge in [0, 0.05) is 24.8 Å².